The van der Waals surface area contributed by atoms with Gasteiger partial charge in [-0.3, -0.25) is 4.90 Å². The van der Waals surface area contributed by atoms with E-state index in [1.807, 2.05) is 6.07 Å². The number of aliphatic hydroxyl groups is 1. The van der Waals surface area contributed by atoms with Crippen LogP contribution >= 0.6 is 0 Å². The maximum Gasteiger partial charge on any atom is 0.225 e. The maximum atomic E-state index is 8.72. The molecule has 1 saturated heterocycles. The molecule has 1 aliphatic rings. The number of aliphatic hydroxyl groups excluding tert-OH is 1. The molecule has 2 rings (SSSR count). The lowest BCUT2D eigenvalue weighted by molar-refractivity contribution is 0.246. The smallest absolute Gasteiger partial charge is 0.225 e. The van der Waals surface area contributed by atoms with Gasteiger partial charge in [-0.25, -0.2) is 9.97 Å². The Balaban J connectivity index is 1.63. The molecule has 0 saturated carbocycles. The second-order valence-corrected chi connectivity index (χ2v) is 5.02. The van der Waals surface area contributed by atoms with Crippen LogP contribution in [0.15, 0.2) is 18.5 Å². The molecule has 2 heterocycles. The van der Waals surface area contributed by atoms with E-state index in [-0.39, 0.29) is 0 Å². The lowest BCUT2D eigenvalue weighted by Gasteiger charge is -2.34. The minimum atomic E-state index is 0.329. The van der Waals surface area contributed by atoms with Crippen LogP contribution in [0.1, 0.15) is 25.7 Å². The summed E-state index contributed by atoms with van der Waals surface area (Å²) >= 11 is 0. The number of hydrogen-bond donors (Lipinski definition) is 1. The van der Waals surface area contributed by atoms with Crippen LogP contribution in [0.5, 0.6) is 0 Å². The van der Waals surface area contributed by atoms with Crippen molar-refractivity contribution < 1.29 is 5.11 Å². The third-order valence-electron chi connectivity index (χ3n) is 3.59. The van der Waals surface area contributed by atoms with Crippen molar-refractivity contribution >= 4 is 5.95 Å². The van der Waals surface area contributed by atoms with Crippen LogP contribution in [0, 0.1) is 0 Å². The molecule has 0 spiro atoms. The zero-order chi connectivity index (χ0) is 13.3. The van der Waals surface area contributed by atoms with Gasteiger partial charge in [0.15, 0.2) is 0 Å². The Bertz CT molecular complexity index is 339. The van der Waals surface area contributed by atoms with Crippen molar-refractivity contribution in [2.45, 2.75) is 25.7 Å². The van der Waals surface area contributed by atoms with E-state index in [4.69, 9.17) is 5.11 Å². The van der Waals surface area contributed by atoms with E-state index in [0.717, 1.165) is 45.0 Å². The number of anilines is 1. The summed E-state index contributed by atoms with van der Waals surface area (Å²) in [7, 11) is 0. The van der Waals surface area contributed by atoms with Crippen LogP contribution in [0.2, 0.25) is 0 Å². The SMILES string of the molecule is OCCCCCCN1CCN(c2ncccn2)CC1. The van der Waals surface area contributed by atoms with Gasteiger partial charge in [-0.05, 0) is 25.5 Å². The van der Waals surface area contributed by atoms with Gasteiger partial charge in [-0.1, -0.05) is 12.8 Å². The standard InChI is InChI=1S/C14H24N4O/c19-13-4-2-1-3-8-17-9-11-18(12-10-17)14-15-6-5-7-16-14/h5-7,19H,1-4,8-13H2. The first-order chi connectivity index (χ1) is 9.40. The normalized spacial score (nSPS) is 16.8. The summed E-state index contributed by atoms with van der Waals surface area (Å²) in [6.07, 6.45) is 8.16. The molecule has 0 aliphatic carbocycles. The van der Waals surface area contributed by atoms with Crippen molar-refractivity contribution in [3.63, 3.8) is 0 Å². The highest BCUT2D eigenvalue weighted by Gasteiger charge is 2.17. The highest BCUT2D eigenvalue weighted by atomic mass is 16.2. The molecule has 0 aromatic carbocycles. The van der Waals surface area contributed by atoms with E-state index < -0.39 is 0 Å². The molecule has 19 heavy (non-hydrogen) atoms. The van der Waals surface area contributed by atoms with Gasteiger partial charge in [0.25, 0.3) is 0 Å². The number of unbranched alkanes of at least 4 members (excludes halogenated alkanes) is 3. The van der Waals surface area contributed by atoms with Crippen molar-refractivity contribution in [2.24, 2.45) is 0 Å². The number of aromatic nitrogens is 2. The highest BCUT2D eigenvalue weighted by Crippen LogP contribution is 2.10. The molecule has 1 fully saturated rings. The zero-order valence-corrected chi connectivity index (χ0v) is 11.5. The summed E-state index contributed by atoms with van der Waals surface area (Å²) in [6.45, 7) is 5.72. The third kappa shape index (κ3) is 4.76. The topological polar surface area (TPSA) is 52.5 Å². The molecule has 1 N–H and O–H groups in total. The summed E-state index contributed by atoms with van der Waals surface area (Å²) in [5.74, 6) is 0.852. The van der Waals surface area contributed by atoms with E-state index in [0.29, 0.717) is 6.61 Å². The van der Waals surface area contributed by atoms with Gasteiger partial charge in [-0.2, -0.15) is 0 Å². The quantitative estimate of drug-likeness (QED) is 0.749. The predicted octanol–water partition coefficient (Wildman–Crippen LogP) is 1.15. The van der Waals surface area contributed by atoms with Crippen LogP contribution in [-0.2, 0) is 0 Å². The molecule has 0 bridgehead atoms. The first-order valence-corrected chi connectivity index (χ1v) is 7.25. The minimum absolute atomic E-state index is 0.329. The maximum absolute atomic E-state index is 8.72. The van der Waals surface area contributed by atoms with Gasteiger partial charge >= 0.3 is 0 Å². The van der Waals surface area contributed by atoms with Gasteiger partial charge in [0.2, 0.25) is 5.95 Å². The van der Waals surface area contributed by atoms with E-state index in [9.17, 15) is 0 Å². The average Bonchev–Trinajstić information content (AvgIpc) is 2.49. The Morgan fingerprint density at radius 1 is 0.947 bits per heavy atom. The molecular formula is C14H24N4O. The largest absolute Gasteiger partial charge is 0.396 e. The van der Waals surface area contributed by atoms with Crippen molar-refractivity contribution in [1.29, 1.82) is 0 Å². The van der Waals surface area contributed by atoms with Crippen LogP contribution < -0.4 is 4.90 Å². The van der Waals surface area contributed by atoms with E-state index >= 15 is 0 Å². The van der Waals surface area contributed by atoms with Crippen LogP contribution in [-0.4, -0.2) is 59.3 Å². The van der Waals surface area contributed by atoms with Gasteiger partial charge < -0.3 is 10.0 Å². The summed E-state index contributed by atoms with van der Waals surface area (Å²) in [5.41, 5.74) is 0. The zero-order valence-electron chi connectivity index (χ0n) is 11.5. The molecule has 1 aromatic rings. The first kappa shape index (κ1) is 14.2. The average molecular weight is 264 g/mol. The molecule has 0 radical (unpaired) electrons. The Kier molecular flexibility index (Phi) is 6.04. The second-order valence-electron chi connectivity index (χ2n) is 5.02. The van der Waals surface area contributed by atoms with Gasteiger partial charge in [0.05, 0.1) is 0 Å². The fraction of sp³-hybridized carbons (Fsp3) is 0.714. The minimum Gasteiger partial charge on any atom is -0.396 e. The fourth-order valence-electron chi connectivity index (χ4n) is 2.43. The van der Waals surface area contributed by atoms with Crippen LogP contribution in [0.4, 0.5) is 5.95 Å². The number of piperazine rings is 1. The molecule has 1 aliphatic heterocycles. The molecule has 5 nitrogen and oxygen atoms in total. The summed E-state index contributed by atoms with van der Waals surface area (Å²) in [5, 5.41) is 8.72. The molecule has 0 amide bonds. The highest BCUT2D eigenvalue weighted by molar-refractivity contribution is 5.29. The van der Waals surface area contributed by atoms with Gasteiger partial charge in [0, 0.05) is 45.2 Å². The van der Waals surface area contributed by atoms with E-state index in [1.165, 1.54) is 19.4 Å². The Labute approximate surface area is 115 Å². The lowest BCUT2D eigenvalue weighted by atomic mass is 10.2. The third-order valence-corrected chi connectivity index (χ3v) is 3.59. The Morgan fingerprint density at radius 3 is 2.32 bits per heavy atom. The molecule has 5 heteroatoms. The fourth-order valence-corrected chi connectivity index (χ4v) is 2.43. The van der Waals surface area contributed by atoms with Crippen molar-refractivity contribution in [1.82, 2.24) is 14.9 Å². The van der Waals surface area contributed by atoms with Crippen LogP contribution in [0.25, 0.3) is 0 Å². The van der Waals surface area contributed by atoms with E-state index in [1.54, 1.807) is 12.4 Å². The van der Waals surface area contributed by atoms with Gasteiger partial charge in [0.1, 0.15) is 0 Å². The van der Waals surface area contributed by atoms with Crippen molar-refractivity contribution in [2.75, 3.05) is 44.2 Å². The molecule has 0 atom stereocenters. The van der Waals surface area contributed by atoms with E-state index in [2.05, 4.69) is 19.8 Å². The van der Waals surface area contributed by atoms with Crippen molar-refractivity contribution in [3.05, 3.63) is 18.5 Å². The summed E-state index contributed by atoms with van der Waals surface area (Å²) < 4.78 is 0. The number of hydrogen-bond acceptors (Lipinski definition) is 5. The molecule has 1 aromatic heterocycles. The molecular weight excluding hydrogens is 240 g/mol. The first-order valence-electron chi connectivity index (χ1n) is 7.25. The van der Waals surface area contributed by atoms with Crippen LogP contribution in [0.3, 0.4) is 0 Å². The van der Waals surface area contributed by atoms with Crippen molar-refractivity contribution in [3.8, 4) is 0 Å². The number of rotatable bonds is 7. The Morgan fingerprint density at radius 2 is 1.63 bits per heavy atom. The molecule has 106 valence electrons. The number of nitrogens with zero attached hydrogens (tertiary/aromatic N) is 4. The monoisotopic (exact) mass is 264 g/mol. The second kappa shape index (κ2) is 8.07. The summed E-state index contributed by atoms with van der Waals surface area (Å²) in [6, 6.07) is 1.85. The predicted molar refractivity (Wildman–Crippen MR) is 76.2 cm³/mol. The summed E-state index contributed by atoms with van der Waals surface area (Å²) in [4.78, 5) is 13.4. The molecule has 0 unspecified atom stereocenters. The van der Waals surface area contributed by atoms with Gasteiger partial charge in [-0.15, -0.1) is 0 Å². The lowest BCUT2D eigenvalue weighted by Crippen LogP contribution is -2.47. The Hall–Kier alpha value is -1.20.